The van der Waals surface area contributed by atoms with Gasteiger partial charge in [0, 0.05) is 24.0 Å². The minimum Gasteiger partial charge on any atom is -0.384 e. The molecular weight excluding hydrogens is 262 g/mol. The summed E-state index contributed by atoms with van der Waals surface area (Å²) >= 11 is 0. The third-order valence-corrected chi connectivity index (χ3v) is 3.25. The van der Waals surface area contributed by atoms with Crippen molar-refractivity contribution in [2.75, 3.05) is 17.2 Å². The Morgan fingerprint density at radius 2 is 2.00 bits per heavy atom. The number of anilines is 2. The number of nitrogens with one attached hydrogen (secondary N) is 2. The summed E-state index contributed by atoms with van der Waals surface area (Å²) in [5, 5.41) is 5.83. The first-order valence-corrected chi connectivity index (χ1v) is 6.27. The number of rotatable bonds is 2. The van der Waals surface area contributed by atoms with Crippen LogP contribution in [-0.4, -0.2) is 12.5 Å². The minimum absolute atomic E-state index is 0.176. The number of benzene rings is 2. The summed E-state index contributed by atoms with van der Waals surface area (Å²) in [6.45, 7) is 0.874. The Labute approximate surface area is 114 Å². The molecule has 2 aromatic carbocycles. The third kappa shape index (κ3) is 2.34. The molecule has 0 saturated carbocycles. The van der Waals surface area contributed by atoms with E-state index in [0.717, 1.165) is 36.3 Å². The molecule has 0 aliphatic carbocycles. The fourth-order valence-electron chi connectivity index (χ4n) is 2.25. The van der Waals surface area contributed by atoms with Crippen molar-refractivity contribution in [1.82, 2.24) is 0 Å². The van der Waals surface area contributed by atoms with Gasteiger partial charge in [0.2, 0.25) is 0 Å². The predicted molar refractivity (Wildman–Crippen MR) is 72.9 cm³/mol. The standard InChI is InChI=1S/C15H12F2N2O/c16-10-1-3-12(13(17)8-10)15(20)19-11-2-4-14-9(7-11)5-6-18-14/h1-4,7-8,18H,5-6H2,(H,19,20). The van der Waals surface area contributed by atoms with Crippen molar-refractivity contribution in [2.45, 2.75) is 6.42 Å². The quantitative estimate of drug-likeness (QED) is 0.883. The second-order valence-electron chi connectivity index (χ2n) is 4.63. The number of fused-ring (bicyclic) bond motifs is 1. The van der Waals surface area contributed by atoms with Crippen molar-refractivity contribution in [3.63, 3.8) is 0 Å². The van der Waals surface area contributed by atoms with Gasteiger partial charge in [0.25, 0.3) is 5.91 Å². The van der Waals surface area contributed by atoms with Crippen molar-refractivity contribution in [2.24, 2.45) is 0 Å². The Morgan fingerprint density at radius 3 is 2.80 bits per heavy atom. The van der Waals surface area contributed by atoms with E-state index >= 15 is 0 Å². The van der Waals surface area contributed by atoms with Crippen LogP contribution in [0.2, 0.25) is 0 Å². The molecular formula is C15H12F2N2O. The van der Waals surface area contributed by atoms with Gasteiger partial charge in [0.15, 0.2) is 0 Å². The molecule has 3 rings (SSSR count). The number of hydrogen-bond acceptors (Lipinski definition) is 2. The van der Waals surface area contributed by atoms with Crippen molar-refractivity contribution < 1.29 is 13.6 Å². The van der Waals surface area contributed by atoms with E-state index in [-0.39, 0.29) is 5.56 Å². The largest absolute Gasteiger partial charge is 0.384 e. The molecule has 0 spiro atoms. The van der Waals surface area contributed by atoms with Crippen molar-refractivity contribution in [3.05, 3.63) is 59.2 Å². The first-order valence-electron chi connectivity index (χ1n) is 6.27. The molecule has 2 N–H and O–H groups in total. The zero-order chi connectivity index (χ0) is 14.1. The Hall–Kier alpha value is -2.43. The fraction of sp³-hybridized carbons (Fsp3) is 0.133. The first-order chi connectivity index (χ1) is 9.63. The summed E-state index contributed by atoms with van der Waals surface area (Å²) in [7, 11) is 0. The highest BCUT2D eigenvalue weighted by Gasteiger charge is 2.14. The summed E-state index contributed by atoms with van der Waals surface area (Å²) in [5.41, 5.74) is 2.59. The van der Waals surface area contributed by atoms with Gasteiger partial charge in [0.05, 0.1) is 5.56 Å². The average molecular weight is 274 g/mol. The molecule has 5 heteroatoms. The van der Waals surface area contributed by atoms with Crippen LogP contribution in [0.3, 0.4) is 0 Å². The molecule has 0 unspecified atom stereocenters. The fourth-order valence-corrected chi connectivity index (χ4v) is 2.25. The Balaban J connectivity index is 1.82. The minimum atomic E-state index is -0.870. The SMILES string of the molecule is O=C(Nc1ccc2c(c1)CCN2)c1ccc(F)cc1F. The molecule has 102 valence electrons. The van der Waals surface area contributed by atoms with Gasteiger partial charge in [0.1, 0.15) is 11.6 Å². The van der Waals surface area contributed by atoms with Gasteiger partial charge in [-0.15, -0.1) is 0 Å². The normalized spacial score (nSPS) is 12.7. The van der Waals surface area contributed by atoms with Gasteiger partial charge in [-0.25, -0.2) is 8.78 Å². The highest BCUT2D eigenvalue weighted by Crippen LogP contribution is 2.25. The van der Waals surface area contributed by atoms with E-state index in [1.54, 1.807) is 6.07 Å². The molecule has 0 fully saturated rings. The lowest BCUT2D eigenvalue weighted by Crippen LogP contribution is -2.14. The molecule has 2 aromatic rings. The Kier molecular flexibility index (Phi) is 3.10. The maximum Gasteiger partial charge on any atom is 0.258 e. The lowest BCUT2D eigenvalue weighted by atomic mass is 10.1. The number of halogens is 2. The maximum atomic E-state index is 13.5. The van der Waals surface area contributed by atoms with Crippen LogP contribution in [0.1, 0.15) is 15.9 Å². The van der Waals surface area contributed by atoms with Gasteiger partial charge in [-0.2, -0.15) is 0 Å². The van der Waals surface area contributed by atoms with Crippen molar-refractivity contribution >= 4 is 17.3 Å². The summed E-state index contributed by atoms with van der Waals surface area (Å²) in [6.07, 6.45) is 0.893. The van der Waals surface area contributed by atoms with Crippen LogP contribution in [-0.2, 0) is 6.42 Å². The number of amides is 1. The van der Waals surface area contributed by atoms with Crippen LogP contribution in [0.4, 0.5) is 20.2 Å². The van der Waals surface area contributed by atoms with Crippen LogP contribution in [0.5, 0.6) is 0 Å². The number of hydrogen-bond donors (Lipinski definition) is 2. The summed E-state index contributed by atoms with van der Waals surface area (Å²) < 4.78 is 26.3. The molecule has 1 amide bonds. The number of carbonyl (C=O) groups is 1. The molecule has 1 aliphatic rings. The van der Waals surface area contributed by atoms with Gasteiger partial charge < -0.3 is 10.6 Å². The van der Waals surface area contributed by atoms with E-state index in [0.29, 0.717) is 11.8 Å². The topological polar surface area (TPSA) is 41.1 Å². The second-order valence-corrected chi connectivity index (χ2v) is 4.63. The van der Waals surface area contributed by atoms with Crippen LogP contribution in [0.15, 0.2) is 36.4 Å². The van der Waals surface area contributed by atoms with Crippen LogP contribution < -0.4 is 10.6 Å². The maximum absolute atomic E-state index is 13.5. The van der Waals surface area contributed by atoms with Crippen molar-refractivity contribution in [1.29, 1.82) is 0 Å². The first kappa shape index (κ1) is 12.6. The third-order valence-electron chi connectivity index (χ3n) is 3.25. The molecule has 1 aliphatic heterocycles. The summed E-state index contributed by atoms with van der Waals surface area (Å²) in [5.74, 6) is -2.17. The molecule has 3 nitrogen and oxygen atoms in total. The molecule has 20 heavy (non-hydrogen) atoms. The van der Waals surface area contributed by atoms with Gasteiger partial charge >= 0.3 is 0 Å². The summed E-state index contributed by atoms with van der Waals surface area (Å²) in [4.78, 5) is 12.0. The van der Waals surface area contributed by atoms with E-state index in [1.165, 1.54) is 0 Å². The molecule has 0 radical (unpaired) electrons. The second kappa shape index (κ2) is 4.92. The molecule has 0 aromatic heterocycles. The predicted octanol–water partition coefficient (Wildman–Crippen LogP) is 3.19. The monoisotopic (exact) mass is 274 g/mol. The van der Waals surface area contributed by atoms with Crippen LogP contribution in [0, 0.1) is 11.6 Å². The van der Waals surface area contributed by atoms with Crippen molar-refractivity contribution in [3.8, 4) is 0 Å². The van der Waals surface area contributed by atoms with E-state index in [1.807, 2.05) is 12.1 Å². The highest BCUT2D eigenvalue weighted by atomic mass is 19.1. The van der Waals surface area contributed by atoms with E-state index in [9.17, 15) is 13.6 Å². The summed E-state index contributed by atoms with van der Waals surface area (Å²) in [6, 6.07) is 8.37. The van der Waals surface area contributed by atoms with E-state index < -0.39 is 17.5 Å². The van der Waals surface area contributed by atoms with Gasteiger partial charge in [-0.1, -0.05) is 0 Å². The smallest absolute Gasteiger partial charge is 0.258 e. The molecule has 0 bridgehead atoms. The molecule has 0 atom stereocenters. The highest BCUT2D eigenvalue weighted by molar-refractivity contribution is 6.04. The van der Waals surface area contributed by atoms with E-state index in [4.69, 9.17) is 0 Å². The lowest BCUT2D eigenvalue weighted by Gasteiger charge is -2.08. The van der Waals surface area contributed by atoms with Crippen LogP contribution in [0.25, 0.3) is 0 Å². The van der Waals surface area contributed by atoms with Crippen LogP contribution >= 0.6 is 0 Å². The van der Waals surface area contributed by atoms with Gasteiger partial charge in [-0.3, -0.25) is 4.79 Å². The molecule has 0 saturated heterocycles. The zero-order valence-corrected chi connectivity index (χ0v) is 10.5. The Bertz CT molecular complexity index is 686. The molecule has 1 heterocycles. The lowest BCUT2D eigenvalue weighted by molar-refractivity contribution is 0.102. The van der Waals surface area contributed by atoms with Gasteiger partial charge in [-0.05, 0) is 42.3 Å². The van der Waals surface area contributed by atoms with E-state index in [2.05, 4.69) is 10.6 Å². The average Bonchev–Trinajstić information content (AvgIpc) is 2.85. The number of carbonyl (C=O) groups excluding carboxylic acids is 1. The Morgan fingerprint density at radius 1 is 1.15 bits per heavy atom. The zero-order valence-electron chi connectivity index (χ0n) is 10.5.